The van der Waals surface area contributed by atoms with E-state index in [4.69, 9.17) is 5.73 Å². The van der Waals surface area contributed by atoms with Crippen molar-refractivity contribution in [3.8, 4) is 0 Å². The Balaban J connectivity index is 1.91. The normalized spacial score (nSPS) is 19.3. The number of carbonyl (C=O) groups is 1. The zero-order valence-corrected chi connectivity index (χ0v) is 12.3. The molecule has 0 bridgehead atoms. The van der Waals surface area contributed by atoms with Crippen LogP contribution in [0.15, 0.2) is 24.5 Å². The minimum absolute atomic E-state index is 0.00499. The maximum Gasteiger partial charge on any atom is 0.221 e. The number of nitrogens with one attached hydrogen (secondary N) is 1. The molecule has 1 amide bonds. The average molecular weight is 275 g/mol. The van der Waals surface area contributed by atoms with E-state index in [1.165, 1.54) is 19.3 Å². The van der Waals surface area contributed by atoms with Crippen LogP contribution < -0.4 is 11.1 Å². The Morgan fingerprint density at radius 2 is 2.20 bits per heavy atom. The lowest BCUT2D eigenvalue weighted by Crippen LogP contribution is -2.39. The summed E-state index contributed by atoms with van der Waals surface area (Å²) in [7, 11) is 0. The molecule has 20 heavy (non-hydrogen) atoms. The number of aromatic nitrogens is 1. The van der Waals surface area contributed by atoms with Crippen LogP contribution in [0.4, 0.5) is 0 Å². The average Bonchev–Trinajstić information content (AvgIpc) is 2.49. The number of hydrogen-bond donors (Lipinski definition) is 2. The molecule has 1 aliphatic carbocycles. The van der Waals surface area contributed by atoms with Gasteiger partial charge in [0.05, 0.1) is 6.04 Å². The van der Waals surface area contributed by atoms with Gasteiger partial charge in [-0.2, -0.15) is 0 Å². The zero-order valence-electron chi connectivity index (χ0n) is 12.3. The standard InChI is InChI=1S/C16H25N3O/c1-13(14-6-5-9-18-11-14)19-15(20)10-16(12-17)7-3-2-4-8-16/h5-6,9,11,13H,2-4,7-8,10,12,17H2,1H3,(H,19,20)/t13-/m0/s1. The number of rotatable bonds is 5. The summed E-state index contributed by atoms with van der Waals surface area (Å²) in [5.74, 6) is 0.105. The molecule has 0 unspecified atom stereocenters. The summed E-state index contributed by atoms with van der Waals surface area (Å²) in [6.07, 6.45) is 9.92. The molecule has 0 aliphatic heterocycles. The van der Waals surface area contributed by atoms with Crippen molar-refractivity contribution >= 4 is 5.91 Å². The van der Waals surface area contributed by atoms with Gasteiger partial charge < -0.3 is 11.1 Å². The Labute approximate surface area is 121 Å². The number of hydrogen-bond acceptors (Lipinski definition) is 3. The third kappa shape index (κ3) is 3.79. The maximum absolute atomic E-state index is 12.3. The van der Waals surface area contributed by atoms with Crippen LogP contribution in [0.2, 0.25) is 0 Å². The van der Waals surface area contributed by atoms with Gasteiger partial charge in [0.25, 0.3) is 0 Å². The highest BCUT2D eigenvalue weighted by Crippen LogP contribution is 2.38. The third-order valence-electron chi connectivity index (χ3n) is 4.44. The van der Waals surface area contributed by atoms with Crippen LogP contribution in [0.1, 0.15) is 57.1 Å². The second-order valence-corrected chi connectivity index (χ2v) is 6.02. The lowest BCUT2D eigenvalue weighted by molar-refractivity contribution is -0.124. The van der Waals surface area contributed by atoms with E-state index in [2.05, 4.69) is 10.3 Å². The summed E-state index contributed by atoms with van der Waals surface area (Å²) in [6, 6.07) is 3.87. The first-order chi connectivity index (χ1) is 9.65. The fraction of sp³-hybridized carbons (Fsp3) is 0.625. The van der Waals surface area contributed by atoms with Gasteiger partial charge in [0, 0.05) is 18.8 Å². The number of nitrogens with two attached hydrogens (primary N) is 1. The molecule has 0 radical (unpaired) electrons. The van der Waals surface area contributed by atoms with E-state index >= 15 is 0 Å². The van der Waals surface area contributed by atoms with Crippen molar-refractivity contribution in [3.63, 3.8) is 0 Å². The van der Waals surface area contributed by atoms with Gasteiger partial charge in [-0.3, -0.25) is 9.78 Å². The number of pyridine rings is 1. The summed E-state index contributed by atoms with van der Waals surface area (Å²) in [4.78, 5) is 16.4. The van der Waals surface area contributed by atoms with Crippen LogP contribution in [0.3, 0.4) is 0 Å². The fourth-order valence-electron chi connectivity index (χ4n) is 3.10. The molecule has 110 valence electrons. The van der Waals surface area contributed by atoms with Crippen molar-refractivity contribution in [2.45, 2.75) is 51.5 Å². The van der Waals surface area contributed by atoms with Crippen LogP contribution >= 0.6 is 0 Å². The highest BCUT2D eigenvalue weighted by Gasteiger charge is 2.33. The molecule has 1 fully saturated rings. The Bertz CT molecular complexity index is 427. The van der Waals surface area contributed by atoms with Crippen LogP contribution in [0.5, 0.6) is 0 Å². The molecular weight excluding hydrogens is 250 g/mol. The Morgan fingerprint density at radius 1 is 1.45 bits per heavy atom. The zero-order chi connectivity index (χ0) is 14.4. The smallest absolute Gasteiger partial charge is 0.221 e. The molecule has 4 heteroatoms. The first kappa shape index (κ1) is 15.0. The van der Waals surface area contributed by atoms with Crippen LogP contribution in [-0.4, -0.2) is 17.4 Å². The van der Waals surface area contributed by atoms with E-state index in [0.717, 1.165) is 18.4 Å². The molecule has 0 saturated heterocycles. The lowest BCUT2D eigenvalue weighted by Gasteiger charge is -2.36. The van der Waals surface area contributed by atoms with Gasteiger partial charge in [-0.25, -0.2) is 0 Å². The summed E-state index contributed by atoms with van der Waals surface area (Å²) < 4.78 is 0. The Hall–Kier alpha value is -1.42. The highest BCUT2D eigenvalue weighted by atomic mass is 16.1. The quantitative estimate of drug-likeness (QED) is 0.867. The predicted molar refractivity (Wildman–Crippen MR) is 80.0 cm³/mol. The van der Waals surface area contributed by atoms with Crippen LogP contribution in [0, 0.1) is 5.41 Å². The number of amides is 1. The topological polar surface area (TPSA) is 68.0 Å². The van der Waals surface area contributed by atoms with Gasteiger partial charge >= 0.3 is 0 Å². The molecular formula is C16H25N3O. The van der Waals surface area contributed by atoms with Crippen molar-refractivity contribution in [1.82, 2.24) is 10.3 Å². The van der Waals surface area contributed by atoms with E-state index < -0.39 is 0 Å². The summed E-state index contributed by atoms with van der Waals surface area (Å²) >= 11 is 0. The minimum atomic E-state index is -0.00499. The van der Waals surface area contributed by atoms with Crippen molar-refractivity contribution in [1.29, 1.82) is 0 Å². The van der Waals surface area contributed by atoms with E-state index in [1.54, 1.807) is 12.4 Å². The molecule has 1 aromatic heterocycles. The van der Waals surface area contributed by atoms with Crippen LogP contribution in [0.25, 0.3) is 0 Å². The van der Waals surface area contributed by atoms with Gasteiger partial charge in [0.2, 0.25) is 5.91 Å². The largest absolute Gasteiger partial charge is 0.350 e. The van der Waals surface area contributed by atoms with Gasteiger partial charge in [-0.05, 0) is 43.4 Å². The molecule has 0 aromatic carbocycles. The molecule has 1 atom stereocenters. The SMILES string of the molecule is C[C@H](NC(=O)CC1(CN)CCCCC1)c1cccnc1. The van der Waals surface area contributed by atoms with Crippen molar-refractivity contribution < 1.29 is 4.79 Å². The van der Waals surface area contributed by atoms with Crippen LogP contribution in [-0.2, 0) is 4.79 Å². The molecule has 0 spiro atoms. The second-order valence-electron chi connectivity index (χ2n) is 6.02. The van der Waals surface area contributed by atoms with Crippen molar-refractivity contribution in [2.75, 3.05) is 6.54 Å². The van der Waals surface area contributed by atoms with Gasteiger partial charge in [0.1, 0.15) is 0 Å². The monoisotopic (exact) mass is 275 g/mol. The second kappa shape index (κ2) is 6.84. The number of carbonyl (C=O) groups excluding carboxylic acids is 1. The van der Waals surface area contributed by atoms with Gasteiger partial charge in [-0.1, -0.05) is 25.3 Å². The lowest BCUT2D eigenvalue weighted by atomic mass is 9.71. The molecule has 3 N–H and O–H groups in total. The first-order valence-electron chi connectivity index (χ1n) is 7.55. The fourth-order valence-corrected chi connectivity index (χ4v) is 3.10. The Morgan fingerprint density at radius 3 is 2.80 bits per heavy atom. The van der Waals surface area contributed by atoms with Gasteiger partial charge in [0.15, 0.2) is 0 Å². The first-order valence-corrected chi connectivity index (χ1v) is 7.55. The molecule has 4 nitrogen and oxygen atoms in total. The molecule has 1 saturated carbocycles. The summed E-state index contributed by atoms with van der Waals surface area (Å²) in [5, 5.41) is 3.07. The number of nitrogens with zero attached hydrogens (tertiary/aromatic N) is 1. The molecule has 1 aliphatic rings. The third-order valence-corrected chi connectivity index (χ3v) is 4.44. The molecule has 1 aromatic rings. The minimum Gasteiger partial charge on any atom is -0.350 e. The maximum atomic E-state index is 12.3. The predicted octanol–water partition coefficient (Wildman–Crippen LogP) is 2.56. The van der Waals surface area contributed by atoms with E-state index in [1.807, 2.05) is 19.1 Å². The summed E-state index contributed by atoms with van der Waals surface area (Å²) in [5.41, 5.74) is 7.00. The highest BCUT2D eigenvalue weighted by molar-refractivity contribution is 5.77. The van der Waals surface area contributed by atoms with Crippen molar-refractivity contribution in [3.05, 3.63) is 30.1 Å². The summed E-state index contributed by atoms with van der Waals surface area (Å²) in [6.45, 7) is 2.60. The van der Waals surface area contributed by atoms with E-state index in [0.29, 0.717) is 13.0 Å². The van der Waals surface area contributed by atoms with Gasteiger partial charge in [-0.15, -0.1) is 0 Å². The molecule has 1 heterocycles. The van der Waals surface area contributed by atoms with E-state index in [-0.39, 0.29) is 17.4 Å². The Kier molecular flexibility index (Phi) is 5.12. The van der Waals surface area contributed by atoms with Crippen molar-refractivity contribution in [2.24, 2.45) is 11.1 Å². The van der Waals surface area contributed by atoms with E-state index in [9.17, 15) is 4.79 Å². The molecule has 2 rings (SSSR count).